The molecule has 1 aromatic carbocycles. The number of halogens is 4. The first-order chi connectivity index (χ1) is 14.1. The number of nitrogens with two attached hydrogens (primary N) is 1. The van der Waals surface area contributed by atoms with Crippen molar-refractivity contribution in [3.05, 3.63) is 46.1 Å². The Hall–Kier alpha value is -2.40. The Balaban J connectivity index is 1.86. The number of aliphatic hydroxyl groups excluding tert-OH is 3. The van der Waals surface area contributed by atoms with E-state index >= 15 is 0 Å². The average molecular weight is 445 g/mol. The lowest BCUT2D eigenvalue weighted by Crippen LogP contribution is -2.35. The Morgan fingerprint density at radius 1 is 1.13 bits per heavy atom. The lowest BCUT2D eigenvalue weighted by molar-refractivity contribution is -0.137. The predicted molar refractivity (Wildman–Crippen MR) is 106 cm³/mol. The molecule has 0 amide bonds. The van der Waals surface area contributed by atoms with Gasteiger partial charge in [0.2, 0.25) is 5.95 Å². The highest BCUT2D eigenvalue weighted by atomic mass is 35.5. The van der Waals surface area contributed by atoms with Crippen LogP contribution in [0, 0.1) is 5.92 Å². The van der Waals surface area contributed by atoms with Crippen LogP contribution in [0.4, 0.5) is 24.9 Å². The quantitative estimate of drug-likeness (QED) is 0.448. The van der Waals surface area contributed by atoms with Gasteiger partial charge in [-0.2, -0.15) is 18.2 Å². The summed E-state index contributed by atoms with van der Waals surface area (Å²) in [5.41, 5.74) is 5.68. The van der Waals surface area contributed by atoms with E-state index in [9.17, 15) is 28.5 Å². The number of aromatic nitrogens is 2. The average Bonchev–Trinajstić information content (AvgIpc) is 2.94. The Kier molecular flexibility index (Phi) is 6.51. The minimum atomic E-state index is -4.42. The van der Waals surface area contributed by atoms with Gasteiger partial charge in [0.25, 0.3) is 0 Å². The lowest BCUT2D eigenvalue weighted by Gasteiger charge is -2.20. The van der Waals surface area contributed by atoms with Gasteiger partial charge in [0, 0.05) is 12.5 Å². The van der Waals surface area contributed by atoms with E-state index in [1.807, 2.05) is 0 Å². The summed E-state index contributed by atoms with van der Waals surface area (Å²) >= 11 is 6.17. The molecule has 6 N–H and O–H groups in total. The third kappa shape index (κ3) is 4.84. The topological polar surface area (TPSA) is 125 Å². The van der Waals surface area contributed by atoms with Crippen molar-refractivity contribution in [1.82, 2.24) is 9.97 Å². The van der Waals surface area contributed by atoms with Crippen LogP contribution in [0.25, 0.3) is 12.2 Å². The van der Waals surface area contributed by atoms with E-state index in [0.717, 1.165) is 12.1 Å². The van der Waals surface area contributed by atoms with Gasteiger partial charge in [-0.1, -0.05) is 29.8 Å². The largest absolute Gasteiger partial charge is 0.416 e. The van der Waals surface area contributed by atoms with Gasteiger partial charge >= 0.3 is 6.18 Å². The maximum atomic E-state index is 12.7. The van der Waals surface area contributed by atoms with Crippen LogP contribution in [0.1, 0.15) is 23.1 Å². The number of hydrogen-bond donors (Lipinski definition) is 5. The summed E-state index contributed by atoms with van der Waals surface area (Å²) in [5.74, 6) is -0.440. The molecule has 11 heteroatoms. The van der Waals surface area contributed by atoms with E-state index in [1.165, 1.54) is 24.3 Å². The molecular weight excluding hydrogens is 425 g/mol. The van der Waals surface area contributed by atoms with Crippen LogP contribution in [0.15, 0.2) is 24.3 Å². The number of anilines is 2. The molecule has 1 aliphatic carbocycles. The van der Waals surface area contributed by atoms with Crippen molar-refractivity contribution >= 4 is 35.5 Å². The van der Waals surface area contributed by atoms with Gasteiger partial charge < -0.3 is 26.4 Å². The molecule has 2 aromatic rings. The third-order valence-corrected chi connectivity index (χ3v) is 5.24. The van der Waals surface area contributed by atoms with Gasteiger partial charge in [0.15, 0.2) is 0 Å². The lowest BCUT2D eigenvalue weighted by atomic mass is 10.1. The standard InChI is InChI=1S/C19H20ClF3N4O3/c20-16-12(6-3-9-1-4-11(5-2-9)19(21,22)23)17(27-18(24)26-16)25-13-7-10(8-28)14(29)15(13)30/h1-6,10,13-15,28-30H,7-8H2,(H3,24,25,26,27)/t10-,13-,14-,15+/m1/s1. The van der Waals surface area contributed by atoms with Gasteiger partial charge in [-0.3, -0.25) is 0 Å². The number of rotatable bonds is 5. The Morgan fingerprint density at radius 2 is 1.80 bits per heavy atom. The molecular formula is C19H20ClF3N4O3. The fraction of sp³-hybridized carbons (Fsp3) is 0.368. The summed E-state index contributed by atoms with van der Waals surface area (Å²) in [6.07, 6.45) is -3.36. The zero-order valence-corrected chi connectivity index (χ0v) is 16.3. The van der Waals surface area contributed by atoms with Crippen molar-refractivity contribution < 1.29 is 28.5 Å². The minimum Gasteiger partial charge on any atom is -0.396 e. The maximum Gasteiger partial charge on any atom is 0.416 e. The molecule has 4 atom stereocenters. The molecule has 1 heterocycles. The Bertz CT molecular complexity index is 924. The van der Waals surface area contributed by atoms with E-state index in [-0.39, 0.29) is 29.9 Å². The van der Waals surface area contributed by atoms with Crippen LogP contribution < -0.4 is 11.1 Å². The molecule has 7 nitrogen and oxygen atoms in total. The van der Waals surface area contributed by atoms with E-state index in [1.54, 1.807) is 0 Å². The molecule has 0 radical (unpaired) electrons. The van der Waals surface area contributed by atoms with Crippen LogP contribution in [0.5, 0.6) is 0 Å². The Morgan fingerprint density at radius 3 is 2.37 bits per heavy atom. The highest BCUT2D eigenvalue weighted by Crippen LogP contribution is 2.32. The van der Waals surface area contributed by atoms with E-state index < -0.39 is 35.9 Å². The van der Waals surface area contributed by atoms with Crippen molar-refractivity contribution in [2.75, 3.05) is 17.7 Å². The summed E-state index contributed by atoms with van der Waals surface area (Å²) in [6.45, 7) is -0.288. The fourth-order valence-corrected chi connectivity index (χ4v) is 3.54. The first kappa shape index (κ1) is 22.3. The van der Waals surface area contributed by atoms with Gasteiger partial charge in [-0.25, -0.2) is 4.98 Å². The molecule has 1 fully saturated rings. The molecule has 30 heavy (non-hydrogen) atoms. The number of aliphatic hydroxyl groups is 3. The molecule has 1 saturated carbocycles. The van der Waals surface area contributed by atoms with Crippen LogP contribution in [-0.2, 0) is 6.18 Å². The maximum absolute atomic E-state index is 12.7. The van der Waals surface area contributed by atoms with Crippen molar-refractivity contribution in [3.8, 4) is 0 Å². The summed E-state index contributed by atoms with van der Waals surface area (Å²) in [5, 5.41) is 32.5. The summed E-state index contributed by atoms with van der Waals surface area (Å²) in [7, 11) is 0. The van der Waals surface area contributed by atoms with Gasteiger partial charge in [-0.05, 0) is 30.2 Å². The SMILES string of the molecule is Nc1nc(Cl)c(C=Cc2ccc(C(F)(F)F)cc2)c(N[C@@H]2C[C@H](CO)[C@@H](O)[C@H]2O)n1. The summed E-state index contributed by atoms with van der Waals surface area (Å²) < 4.78 is 38.1. The van der Waals surface area contributed by atoms with Crippen LogP contribution in [-0.4, -0.2) is 50.1 Å². The second-order valence-corrected chi connectivity index (χ2v) is 7.36. The van der Waals surface area contributed by atoms with Gasteiger partial charge in [-0.15, -0.1) is 0 Å². The first-order valence-corrected chi connectivity index (χ1v) is 9.40. The molecule has 0 unspecified atom stereocenters. The second kappa shape index (κ2) is 8.76. The third-order valence-electron chi connectivity index (χ3n) is 4.96. The number of nitrogen functional groups attached to an aromatic ring is 1. The number of nitrogens with zero attached hydrogens (tertiary/aromatic N) is 2. The van der Waals surface area contributed by atoms with Crippen molar-refractivity contribution in [2.45, 2.75) is 30.8 Å². The number of benzene rings is 1. The number of alkyl halides is 3. The summed E-state index contributed by atoms with van der Waals surface area (Å²) in [4.78, 5) is 7.96. The minimum absolute atomic E-state index is 0.0000879. The van der Waals surface area contributed by atoms with Crippen LogP contribution in [0.3, 0.4) is 0 Å². The van der Waals surface area contributed by atoms with Crippen LogP contribution in [0.2, 0.25) is 5.15 Å². The zero-order chi connectivity index (χ0) is 22.1. The van der Waals surface area contributed by atoms with Crippen molar-refractivity contribution in [1.29, 1.82) is 0 Å². The van der Waals surface area contributed by atoms with Gasteiger partial charge in [0.1, 0.15) is 17.1 Å². The van der Waals surface area contributed by atoms with Gasteiger partial charge in [0.05, 0.1) is 23.3 Å². The normalized spacial score (nSPS) is 24.5. The molecule has 0 bridgehead atoms. The molecule has 0 aliphatic heterocycles. The monoisotopic (exact) mass is 444 g/mol. The number of nitrogens with one attached hydrogen (secondary N) is 1. The van der Waals surface area contributed by atoms with Crippen molar-refractivity contribution in [2.24, 2.45) is 5.92 Å². The van der Waals surface area contributed by atoms with E-state index in [2.05, 4.69) is 15.3 Å². The fourth-order valence-electron chi connectivity index (χ4n) is 3.30. The summed E-state index contributed by atoms with van der Waals surface area (Å²) in [6, 6.07) is 3.92. The molecule has 1 aliphatic rings. The predicted octanol–water partition coefficient (Wildman–Crippen LogP) is 2.42. The molecule has 3 rings (SSSR count). The smallest absolute Gasteiger partial charge is 0.396 e. The highest BCUT2D eigenvalue weighted by molar-refractivity contribution is 6.31. The van der Waals surface area contributed by atoms with Crippen LogP contribution >= 0.6 is 11.6 Å². The second-order valence-electron chi connectivity index (χ2n) is 7.00. The molecule has 0 saturated heterocycles. The zero-order valence-electron chi connectivity index (χ0n) is 15.5. The molecule has 0 spiro atoms. The molecule has 1 aromatic heterocycles. The van der Waals surface area contributed by atoms with E-state index in [0.29, 0.717) is 11.1 Å². The first-order valence-electron chi connectivity index (χ1n) is 9.02. The van der Waals surface area contributed by atoms with E-state index in [4.69, 9.17) is 17.3 Å². The molecule has 162 valence electrons. The highest BCUT2D eigenvalue weighted by Gasteiger charge is 2.41. The van der Waals surface area contributed by atoms with Crippen molar-refractivity contribution in [3.63, 3.8) is 0 Å². The Labute approximate surface area is 175 Å². The number of hydrogen-bond acceptors (Lipinski definition) is 7.